The highest BCUT2D eigenvalue weighted by Crippen LogP contribution is 2.28. The van der Waals surface area contributed by atoms with Gasteiger partial charge in [-0.15, -0.1) is 0 Å². The van der Waals surface area contributed by atoms with Gasteiger partial charge in [-0.2, -0.15) is 0 Å². The van der Waals surface area contributed by atoms with Crippen LogP contribution in [0.15, 0.2) is 33.2 Å². The Bertz CT molecular complexity index is 514. The Labute approximate surface area is 110 Å². The minimum Gasteiger partial charge on any atom is -0.461 e. The largest absolute Gasteiger partial charge is 0.461 e. The Morgan fingerprint density at radius 3 is 3.06 bits per heavy atom. The van der Waals surface area contributed by atoms with E-state index in [4.69, 9.17) is 4.42 Å². The average molecular weight is 294 g/mol. The van der Waals surface area contributed by atoms with Crippen molar-refractivity contribution in [2.24, 2.45) is 0 Å². The maximum absolute atomic E-state index is 5.88. The van der Waals surface area contributed by atoms with Crippen molar-refractivity contribution in [3.05, 3.63) is 34.5 Å². The highest BCUT2D eigenvalue weighted by Gasteiger charge is 2.15. The number of hydrogen-bond donors (Lipinski definition) is 1. The molecule has 0 spiro atoms. The van der Waals surface area contributed by atoms with Crippen LogP contribution in [0, 0.1) is 0 Å². The molecule has 17 heavy (non-hydrogen) atoms. The third kappa shape index (κ3) is 2.40. The molecule has 0 bridgehead atoms. The van der Waals surface area contributed by atoms with Gasteiger partial charge in [-0.05, 0) is 37.6 Å². The molecule has 1 unspecified atom stereocenters. The average Bonchev–Trinajstić information content (AvgIpc) is 2.74. The van der Waals surface area contributed by atoms with Gasteiger partial charge in [0.2, 0.25) is 0 Å². The van der Waals surface area contributed by atoms with E-state index in [1.807, 2.05) is 12.1 Å². The molecule has 1 aromatic carbocycles. The van der Waals surface area contributed by atoms with Crippen LogP contribution in [0.3, 0.4) is 0 Å². The van der Waals surface area contributed by atoms with E-state index in [1.54, 1.807) is 0 Å². The lowest BCUT2D eigenvalue weighted by atomic mass is 10.0. The van der Waals surface area contributed by atoms with E-state index in [1.165, 1.54) is 24.6 Å². The van der Waals surface area contributed by atoms with Crippen LogP contribution in [0.4, 0.5) is 0 Å². The summed E-state index contributed by atoms with van der Waals surface area (Å²) in [5, 5.41) is 4.73. The molecule has 0 amide bonds. The first-order valence-electron chi connectivity index (χ1n) is 6.23. The van der Waals surface area contributed by atoms with Gasteiger partial charge in [0.15, 0.2) is 0 Å². The lowest BCUT2D eigenvalue weighted by Crippen LogP contribution is -2.35. The SMILES string of the molecule is Brc1cccc2oc(CC3CCCCN3)cc12. The van der Waals surface area contributed by atoms with Crippen molar-refractivity contribution in [3.63, 3.8) is 0 Å². The Morgan fingerprint density at radius 1 is 1.35 bits per heavy atom. The molecular weight excluding hydrogens is 278 g/mol. The van der Waals surface area contributed by atoms with Gasteiger partial charge < -0.3 is 9.73 Å². The van der Waals surface area contributed by atoms with E-state index in [0.29, 0.717) is 6.04 Å². The second-order valence-electron chi connectivity index (χ2n) is 4.72. The summed E-state index contributed by atoms with van der Waals surface area (Å²) in [6.45, 7) is 1.15. The van der Waals surface area contributed by atoms with Crippen molar-refractivity contribution < 1.29 is 4.42 Å². The Hall–Kier alpha value is -0.800. The van der Waals surface area contributed by atoms with Crippen molar-refractivity contribution >= 4 is 26.9 Å². The molecule has 3 heteroatoms. The second kappa shape index (κ2) is 4.83. The maximum Gasteiger partial charge on any atom is 0.135 e. The molecule has 90 valence electrons. The molecule has 1 atom stereocenters. The number of fused-ring (bicyclic) bond motifs is 1. The smallest absolute Gasteiger partial charge is 0.135 e. The highest BCUT2D eigenvalue weighted by molar-refractivity contribution is 9.10. The van der Waals surface area contributed by atoms with Crippen molar-refractivity contribution in [3.8, 4) is 0 Å². The molecule has 1 aromatic heterocycles. The zero-order valence-electron chi connectivity index (χ0n) is 9.71. The molecule has 2 heterocycles. The first-order valence-corrected chi connectivity index (χ1v) is 7.02. The number of halogens is 1. The first-order chi connectivity index (χ1) is 8.33. The Morgan fingerprint density at radius 2 is 2.29 bits per heavy atom. The lowest BCUT2D eigenvalue weighted by molar-refractivity contribution is 0.378. The molecular formula is C14H16BrNO. The summed E-state index contributed by atoms with van der Waals surface area (Å²) >= 11 is 3.56. The number of hydrogen-bond acceptors (Lipinski definition) is 2. The molecule has 1 N–H and O–H groups in total. The van der Waals surface area contributed by atoms with E-state index in [-0.39, 0.29) is 0 Å². The number of furan rings is 1. The van der Waals surface area contributed by atoms with Crippen molar-refractivity contribution in [1.29, 1.82) is 0 Å². The summed E-state index contributed by atoms with van der Waals surface area (Å²) in [6, 6.07) is 8.84. The van der Waals surface area contributed by atoms with E-state index < -0.39 is 0 Å². The van der Waals surface area contributed by atoms with Gasteiger partial charge in [0.1, 0.15) is 11.3 Å². The van der Waals surface area contributed by atoms with Crippen LogP contribution in [-0.4, -0.2) is 12.6 Å². The third-order valence-electron chi connectivity index (χ3n) is 3.42. The van der Waals surface area contributed by atoms with Gasteiger partial charge in [0, 0.05) is 22.3 Å². The minimum absolute atomic E-state index is 0.586. The molecule has 0 saturated carbocycles. The summed E-state index contributed by atoms with van der Waals surface area (Å²) in [5.74, 6) is 1.09. The fourth-order valence-corrected chi connectivity index (χ4v) is 2.98. The molecule has 1 aliphatic heterocycles. The lowest BCUT2D eigenvalue weighted by Gasteiger charge is -2.22. The summed E-state index contributed by atoms with van der Waals surface area (Å²) < 4.78 is 6.99. The molecule has 3 rings (SSSR count). The number of piperidine rings is 1. The van der Waals surface area contributed by atoms with Gasteiger partial charge >= 0.3 is 0 Å². The monoisotopic (exact) mass is 293 g/mol. The third-order valence-corrected chi connectivity index (χ3v) is 4.11. The van der Waals surface area contributed by atoms with Crippen molar-refractivity contribution in [2.45, 2.75) is 31.7 Å². The summed E-state index contributed by atoms with van der Waals surface area (Å²) in [4.78, 5) is 0. The van der Waals surface area contributed by atoms with Crippen molar-refractivity contribution in [2.75, 3.05) is 6.54 Å². The normalized spacial score (nSPS) is 20.9. The highest BCUT2D eigenvalue weighted by atomic mass is 79.9. The van der Waals surface area contributed by atoms with Crippen LogP contribution in [0.25, 0.3) is 11.0 Å². The van der Waals surface area contributed by atoms with Gasteiger partial charge in [-0.25, -0.2) is 0 Å². The molecule has 2 aromatic rings. The molecule has 1 saturated heterocycles. The predicted octanol–water partition coefficient (Wildman–Crippen LogP) is 3.88. The Balaban J connectivity index is 1.83. The van der Waals surface area contributed by atoms with Gasteiger partial charge in [0.25, 0.3) is 0 Å². The van der Waals surface area contributed by atoms with E-state index in [9.17, 15) is 0 Å². The van der Waals surface area contributed by atoms with Gasteiger partial charge in [0.05, 0.1) is 0 Å². The van der Waals surface area contributed by atoms with Crippen LogP contribution in [0.5, 0.6) is 0 Å². The number of nitrogens with one attached hydrogen (secondary N) is 1. The molecule has 0 aliphatic carbocycles. The second-order valence-corrected chi connectivity index (χ2v) is 5.57. The number of rotatable bonds is 2. The zero-order valence-corrected chi connectivity index (χ0v) is 11.3. The standard InChI is InChI=1S/C14H16BrNO/c15-13-5-3-6-14-12(13)9-11(17-14)8-10-4-1-2-7-16-10/h3,5-6,9-10,16H,1-2,4,7-8H2. The van der Waals surface area contributed by atoms with E-state index in [2.05, 4.69) is 33.4 Å². The predicted molar refractivity (Wildman–Crippen MR) is 73.3 cm³/mol. The summed E-state index contributed by atoms with van der Waals surface area (Å²) in [7, 11) is 0. The minimum atomic E-state index is 0.586. The van der Waals surface area contributed by atoms with Crippen LogP contribution < -0.4 is 5.32 Å². The van der Waals surface area contributed by atoms with Gasteiger partial charge in [-0.3, -0.25) is 0 Å². The van der Waals surface area contributed by atoms with Gasteiger partial charge in [-0.1, -0.05) is 28.4 Å². The summed E-state index contributed by atoms with van der Waals surface area (Å²) in [6.07, 6.45) is 4.91. The molecule has 0 radical (unpaired) electrons. The summed E-state index contributed by atoms with van der Waals surface area (Å²) in [5.41, 5.74) is 0.977. The topological polar surface area (TPSA) is 25.2 Å². The Kier molecular flexibility index (Phi) is 3.21. The van der Waals surface area contributed by atoms with Crippen LogP contribution in [0.2, 0.25) is 0 Å². The zero-order chi connectivity index (χ0) is 11.7. The fourth-order valence-electron chi connectivity index (χ4n) is 2.52. The van der Waals surface area contributed by atoms with E-state index in [0.717, 1.165) is 28.8 Å². The first kappa shape index (κ1) is 11.3. The molecule has 1 aliphatic rings. The van der Waals surface area contributed by atoms with E-state index >= 15 is 0 Å². The molecule has 2 nitrogen and oxygen atoms in total. The van der Waals surface area contributed by atoms with Crippen LogP contribution in [0.1, 0.15) is 25.0 Å². The molecule has 1 fully saturated rings. The number of benzene rings is 1. The van der Waals surface area contributed by atoms with Crippen LogP contribution >= 0.6 is 15.9 Å². The van der Waals surface area contributed by atoms with Crippen molar-refractivity contribution in [1.82, 2.24) is 5.32 Å². The van der Waals surface area contributed by atoms with Crippen LogP contribution in [-0.2, 0) is 6.42 Å². The fraction of sp³-hybridized carbons (Fsp3) is 0.429. The quantitative estimate of drug-likeness (QED) is 0.909. The maximum atomic E-state index is 5.88.